The number of fused-ring (bicyclic) bond motifs is 5. The molecule has 5 rings (SSSR count). The summed E-state index contributed by atoms with van der Waals surface area (Å²) in [6.45, 7) is 17.2. The lowest BCUT2D eigenvalue weighted by Crippen LogP contribution is -2.59. The molecule has 4 N–H and O–H groups in total. The van der Waals surface area contributed by atoms with Crippen molar-refractivity contribution in [2.45, 2.75) is 132 Å². The predicted octanol–water partition coefficient (Wildman–Crippen LogP) is 9.12. The van der Waals surface area contributed by atoms with Crippen molar-refractivity contribution in [1.29, 1.82) is 0 Å². The number of nitrogen functional groups attached to an aromatic ring is 2. The number of hydrogen-bond acceptors (Lipinski definition) is 6. The maximum atomic E-state index is 12.9. The first-order chi connectivity index (χ1) is 21.7. The summed E-state index contributed by atoms with van der Waals surface area (Å²) in [7, 11) is 0. The maximum absolute atomic E-state index is 12.9. The summed E-state index contributed by atoms with van der Waals surface area (Å²) in [6.07, 6.45) is 16.4. The topological polar surface area (TPSA) is 105 Å². The van der Waals surface area contributed by atoms with E-state index < -0.39 is 11.9 Å². The molecular formula is C40H62N2O4. The highest BCUT2D eigenvalue weighted by Crippen LogP contribution is 2.70. The van der Waals surface area contributed by atoms with E-state index in [1.54, 1.807) is 18.2 Å². The summed E-state index contributed by atoms with van der Waals surface area (Å²) >= 11 is 0. The average molecular weight is 635 g/mol. The molecule has 6 heteroatoms. The second-order valence-corrected chi connectivity index (χ2v) is 17.2. The lowest BCUT2D eigenvalue weighted by molar-refractivity contribution is -0.194. The van der Waals surface area contributed by atoms with Gasteiger partial charge in [0.25, 0.3) is 0 Å². The van der Waals surface area contributed by atoms with Gasteiger partial charge >= 0.3 is 11.9 Å². The molecule has 0 bridgehead atoms. The van der Waals surface area contributed by atoms with E-state index in [1.807, 2.05) is 0 Å². The van der Waals surface area contributed by atoms with Gasteiger partial charge in [-0.2, -0.15) is 0 Å². The first kappa shape index (κ1) is 34.8. The number of ether oxygens (including phenoxy) is 2. The first-order valence-corrected chi connectivity index (χ1v) is 18.4. The van der Waals surface area contributed by atoms with E-state index in [4.69, 9.17) is 20.9 Å². The van der Waals surface area contributed by atoms with Gasteiger partial charge in [-0.05, 0) is 116 Å². The van der Waals surface area contributed by atoms with Crippen molar-refractivity contribution in [2.75, 3.05) is 11.5 Å². The van der Waals surface area contributed by atoms with Crippen LogP contribution in [0.25, 0.3) is 0 Å². The van der Waals surface area contributed by atoms with Gasteiger partial charge in [-0.1, -0.05) is 73.8 Å². The Morgan fingerprint density at radius 2 is 1.57 bits per heavy atom. The van der Waals surface area contributed by atoms with Crippen molar-refractivity contribution in [3.8, 4) is 0 Å². The fraction of sp³-hybridized carbons (Fsp3) is 0.750. The molecule has 4 aliphatic carbocycles. The van der Waals surface area contributed by atoms with Gasteiger partial charge in [0.05, 0.1) is 0 Å². The average Bonchev–Trinajstić information content (AvgIpc) is 3.34. The largest absolute Gasteiger partial charge is 0.459 e. The Kier molecular flexibility index (Phi) is 10.3. The summed E-state index contributed by atoms with van der Waals surface area (Å²) in [5.41, 5.74) is 14.0. The molecule has 4 fully saturated rings. The van der Waals surface area contributed by atoms with Crippen LogP contribution in [-0.2, 0) is 25.7 Å². The Morgan fingerprint density at radius 3 is 2.28 bits per heavy atom. The Hall–Kier alpha value is -2.50. The minimum atomic E-state index is -0.606. The number of anilines is 2. The van der Waals surface area contributed by atoms with Crippen molar-refractivity contribution in [1.82, 2.24) is 0 Å². The van der Waals surface area contributed by atoms with Crippen LogP contribution in [0.5, 0.6) is 0 Å². The quantitative estimate of drug-likeness (QED) is 0.151. The smallest absolute Gasteiger partial charge is 0.331 e. The van der Waals surface area contributed by atoms with Gasteiger partial charge in [0.1, 0.15) is 12.7 Å². The number of benzene rings is 1. The first-order valence-electron chi connectivity index (χ1n) is 18.4. The second kappa shape index (κ2) is 13.5. The van der Waals surface area contributed by atoms with Gasteiger partial charge in [-0.25, -0.2) is 9.59 Å². The molecule has 0 saturated heterocycles. The lowest BCUT2D eigenvalue weighted by Gasteiger charge is -2.65. The minimum absolute atomic E-state index is 0.0143. The SMILES string of the molecule is CC(C)CCCC(C)C1CCC2C3CCC4C(C)(C)C(OC(=O)C=CC(=O)OCc5ccc(N)cc5N)CCC4(C)C3CCC12C. The fourth-order valence-corrected chi connectivity index (χ4v) is 11.6. The molecule has 0 spiro atoms. The number of carbonyl (C=O) groups is 2. The molecule has 0 aliphatic heterocycles. The van der Waals surface area contributed by atoms with Gasteiger partial charge in [0.15, 0.2) is 0 Å². The van der Waals surface area contributed by atoms with Crippen LogP contribution in [0.1, 0.15) is 125 Å². The summed E-state index contributed by atoms with van der Waals surface area (Å²) < 4.78 is 11.4. The monoisotopic (exact) mass is 634 g/mol. The van der Waals surface area contributed by atoms with E-state index in [-0.39, 0.29) is 23.5 Å². The molecule has 0 radical (unpaired) electrons. The molecule has 0 aromatic heterocycles. The fourth-order valence-electron chi connectivity index (χ4n) is 11.6. The standard InChI is InChI=1S/C40H62N2O4/c1-25(2)9-8-10-26(3)30-14-15-31-29-13-16-34-38(4,5)35(20-22-40(34,7)32(29)19-21-39(30,31)6)46-37(44)18-17-36(43)45-24-27-11-12-28(41)23-33(27)42/h11-12,17-18,23,25-26,29-32,34-35H,8-10,13-16,19-22,24,41-42H2,1-7H3. The van der Waals surface area contributed by atoms with Crippen LogP contribution in [0.15, 0.2) is 30.4 Å². The van der Waals surface area contributed by atoms with Gasteiger partial charge < -0.3 is 20.9 Å². The number of hydrogen-bond donors (Lipinski definition) is 2. The highest BCUT2D eigenvalue weighted by atomic mass is 16.5. The van der Waals surface area contributed by atoms with Crippen LogP contribution >= 0.6 is 0 Å². The van der Waals surface area contributed by atoms with Crippen molar-refractivity contribution in [2.24, 2.45) is 57.7 Å². The molecule has 6 nitrogen and oxygen atoms in total. The molecule has 256 valence electrons. The highest BCUT2D eigenvalue weighted by molar-refractivity contribution is 5.91. The summed E-state index contributed by atoms with van der Waals surface area (Å²) in [5.74, 6) is 4.41. The zero-order valence-corrected chi connectivity index (χ0v) is 29.8. The number of rotatable bonds is 10. The van der Waals surface area contributed by atoms with E-state index in [0.29, 0.717) is 28.3 Å². The molecule has 9 atom stereocenters. The van der Waals surface area contributed by atoms with Crippen LogP contribution in [0, 0.1) is 57.7 Å². The molecule has 1 aromatic rings. The van der Waals surface area contributed by atoms with Crippen LogP contribution in [-0.4, -0.2) is 18.0 Å². The summed E-state index contributed by atoms with van der Waals surface area (Å²) in [6, 6.07) is 5.07. The Balaban J connectivity index is 1.18. The molecule has 9 unspecified atom stereocenters. The number of esters is 2. The predicted molar refractivity (Wildman–Crippen MR) is 186 cm³/mol. The Labute approximate surface area is 278 Å². The molecule has 0 amide bonds. The number of carbonyl (C=O) groups excluding carboxylic acids is 2. The molecule has 4 aliphatic rings. The van der Waals surface area contributed by atoms with E-state index in [0.717, 1.165) is 54.4 Å². The van der Waals surface area contributed by atoms with E-state index in [2.05, 4.69) is 48.5 Å². The molecular weight excluding hydrogens is 572 g/mol. The lowest BCUT2D eigenvalue weighted by atomic mass is 9.41. The van der Waals surface area contributed by atoms with Crippen molar-refractivity contribution in [3.05, 3.63) is 35.9 Å². The zero-order valence-electron chi connectivity index (χ0n) is 29.8. The van der Waals surface area contributed by atoms with E-state index in [9.17, 15) is 9.59 Å². The third kappa shape index (κ3) is 6.74. The van der Waals surface area contributed by atoms with Crippen LogP contribution in [0.3, 0.4) is 0 Å². The molecule has 4 saturated carbocycles. The maximum Gasteiger partial charge on any atom is 0.331 e. The summed E-state index contributed by atoms with van der Waals surface area (Å²) in [4.78, 5) is 25.3. The van der Waals surface area contributed by atoms with Gasteiger partial charge in [0, 0.05) is 34.5 Å². The normalized spacial score (nSPS) is 35.7. The van der Waals surface area contributed by atoms with Gasteiger partial charge in [-0.15, -0.1) is 0 Å². The van der Waals surface area contributed by atoms with Crippen LogP contribution < -0.4 is 11.5 Å². The molecule has 1 aromatic carbocycles. The second-order valence-electron chi connectivity index (χ2n) is 17.2. The van der Waals surface area contributed by atoms with E-state index >= 15 is 0 Å². The third-order valence-electron chi connectivity index (χ3n) is 13.9. The van der Waals surface area contributed by atoms with E-state index in [1.165, 1.54) is 63.9 Å². The molecule has 0 heterocycles. The van der Waals surface area contributed by atoms with Crippen LogP contribution in [0.4, 0.5) is 11.4 Å². The van der Waals surface area contributed by atoms with Gasteiger partial charge in [-0.3, -0.25) is 0 Å². The Morgan fingerprint density at radius 1 is 0.870 bits per heavy atom. The summed E-state index contributed by atoms with van der Waals surface area (Å²) in [5, 5.41) is 0. The van der Waals surface area contributed by atoms with Gasteiger partial charge in [0.2, 0.25) is 0 Å². The number of nitrogens with two attached hydrogens (primary N) is 2. The molecule has 46 heavy (non-hydrogen) atoms. The zero-order chi connectivity index (χ0) is 33.4. The third-order valence-corrected chi connectivity index (χ3v) is 13.9. The minimum Gasteiger partial charge on any atom is -0.459 e. The van der Waals surface area contributed by atoms with Crippen molar-refractivity contribution < 1.29 is 19.1 Å². The highest BCUT2D eigenvalue weighted by Gasteiger charge is 2.63. The van der Waals surface area contributed by atoms with Crippen molar-refractivity contribution in [3.63, 3.8) is 0 Å². The Bertz CT molecular complexity index is 1290. The van der Waals surface area contributed by atoms with Crippen LogP contribution in [0.2, 0.25) is 0 Å². The van der Waals surface area contributed by atoms with Crippen molar-refractivity contribution >= 4 is 23.3 Å².